The number of carbonyl (C=O) groups excluding carboxylic acids is 1. The molecular weight excluding hydrogens is 545 g/mol. The van der Waals surface area contributed by atoms with Gasteiger partial charge >= 0.3 is 12.3 Å². The molecule has 12 nitrogen and oxygen atoms in total. The van der Waals surface area contributed by atoms with Crippen LogP contribution in [0.4, 0.5) is 29.7 Å². The Kier molecular flexibility index (Phi) is 7.78. The molecule has 3 aliphatic rings. The monoisotopic (exact) mass is 576 g/mol. The molecule has 2 saturated heterocycles. The molecule has 3 aliphatic heterocycles. The molecule has 41 heavy (non-hydrogen) atoms. The minimum absolute atomic E-state index is 0.00675. The first kappa shape index (κ1) is 28.6. The number of aromatic nitrogens is 4. The maximum Gasteiger partial charge on any atom is 0.423 e. The lowest BCUT2D eigenvalue weighted by atomic mass is 10.0. The van der Waals surface area contributed by atoms with Crippen LogP contribution in [0, 0.1) is 11.3 Å². The smallest absolute Gasteiger partial charge is 0.423 e. The highest BCUT2D eigenvalue weighted by Crippen LogP contribution is 2.36. The summed E-state index contributed by atoms with van der Waals surface area (Å²) in [5.74, 6) is 0.0986. The summed E-state index contributed by atoms with van der Waals surface area (Å²) in [7, 11) is 0. The van der Waals surface area contributed by atoms with Crippen LogP contribution in [0.2, 0.25) is 0 Å². The summed E-state index contributed by atoms with van der Waals surface area (Å²) in [6.45, 7) is 7.50. The third kappa shape index (κ3) is 6.70. The molecule has 2 fully saturated rings. The summed E-state index contributed by atoms with van der Waals surface area (Å²) in [4.78, 5) is 33.1. The Morgan fingerprint density at radius 1 is 1.20 bits per heavy atom. The summed E-state index contributed by atoms with van der Waals surface area (Å²) in [5, 5.41) is 12.7. The van der Waals surface area contributed by atoms with Crippen LogP contribution in [-0.2, 0) is 28.6 Å². The van der Waals surface area contributed by atoms with E-state index in [2.05, 4.69) is 25.3 Å². The van der Waals surface area contributed by atoms with Crippen LogP contribution in [0.15, 0.2) is 6.20 Å². The lowest BCUT2D eigenvalue weighted by molar-refractivity contribution is -0.142. The summed E-state index contributed by atoms with van der Waals surface area (Å²) in [5.41, 5.74) is -0.241. The standard InChI is InChI=1S/C26H31F3N8O4/c1-25(2,3)41-24(38)37-8-6-17-19(12-37)33-20(9-30)34-21(17)36-7-4-5-15(11-36)32-23-31-10-18(26(27,28)29)22(35-23)40-16-13-39-14-16/h10,15-16H,4-8,11-14H2,1-3H3,(H,31,32,35)/t15-/m1/s1. The van der Waals surface area contributed by atoms with Crippen molar-refractivity contribution >= 4 is 17.9 Å². The van der Waals surface area contributed by atoms with Gasteiger partial charge in [0.15, 0.2) is 0 Å². The number of hydrogen-bond acceptors (Lipinski definition) is 11. The van der Waals surface area contributed by atoms with E-state index in [1.165, 1.54) is 0 Å². The van der Waals surface area contributed by atoms with Gasteiger partial charge in [0.2, 0.25) is 17.7 Å². The molecule has 0 radical (unpaired) electrons. The van der Waals surface area contributed by atoms with Crippen LogP contribution < -0.4 is 15.0 Å². The fraction of sp³-hybridized carbons (Fsp3) is 0.615. The molecule has 5 rings (SSSR count). The van der Waals surface area contributed by atoms with Crippen molar-refractivity contribution in [1.29, 1.82) is 5.26 Å². The normalized spacial score (nSPS) is 19.6. The second-order valence-electron chi connectivity index (χ2n) is 11.2. The molecule has 0 bridgehead atoms. The van der Waals surface area contributed by atoms with Gasteiger partial charge in [0, 0.05) is 37.4 Å². The lowest BCUT2D eigenvalue weighted by Crippen LogP contribution is -2.45. The van der Waals surface area contributed by atoms with Gasteiger partial charge in [-0.3, -0.25) is 0 Å². The fourth-order valence-electron chi connectivity index (χ4n) is 4.83. The minimum Gasteiger partial charge on any atom is -0.469 e. The summed E-state index contributed by atoms with van der Waals surface area (Å²) >= 11 is 0. The first-order chi connectivity index (χ1) is 19.4. The van der Waals surface area contributed by atoms with Crippen molar-refractivity contribution in [3.63, 3.8) is 0 Å². The fourth-order valence-corrected chi connectivity index (χ4v) is 4.83. The van der Waals surface area contributed by atoms with Gasteiger partial charge in [-0.1, -0.05) is 0 Å². The molecule has 0 saturated carbocycles. The van der Waals surface area contributed by atoms with E-state index in [1.54, 1.807) is 25.7 Å². The van der Waals surface area contributed by atoms with Gasteiger partial charge in [-0.05, 0) is 40.0 Å². The molecule has 2 aromatic rings. The highest BCUT2D eigenvalue weighted by molar-refractivity contribution is 5.69. The third-order valence-corrected chi connectivity index (χ3v) is 6.79. The number of nitriles is 1. The minimum atomic E-state index is -4.66. The second kappa shape index (κ2) is 11.2. The number of hydrogen-bond donors (Lipinski definition) is 1. The zero-order valence-corrected chi connectivity index (χ0v) is 23.0. The van der Waals surface area contributed by atoms with E-state index in [0.717, 1.165) is 24.6 Å². The zero-order chi connectivity index (χ0) is 29.4. The molecule has 15 heteroatoms. The predicted octanol–water partition coefficient (Wildman–Crippen LogP) is 3.31. The molecule has 0 spiro atoms. The van der Waals surface area contributed by atoms with E-state index in [0.29, 0.717) is 37.6 Å². The average Bonchev–Trinajstić information content (AvgIpc) is 2.88. The van der Waals surface area contributed by atoms with Crippen molar-refractivity contribution in [2.45, 2.75) is 70.5 Å². The van der Waals surface area contributed by atoms with Crippen molar-refractivity contribution in [2.24, 2.45) is 0 Å². The molecule has 1 N–H and O–H groups in total. The molecule has 2 aromatic heterocycles. The first-order valence-electron chi connectivity index (χ1n) is 13.4. The summed E-state index contributed by atoms with van der Waals surface area (Å²) in [6, 6.07) is 1.79. The Labute approximate surface area is 234 Å². The lowest BCUT2D eigenvalue weighted by Gasteiger charge is -2.37. The van der Waals surface area contributed by atoms with Crippen molar-refractivity contribution < 1.29 is 32.2 Å². The number of amides is 1. The Hall–Kier alpha value is -3.93. The molecule has 0 aromatic carbocycles. The molecule has 0 unspecified atom stereocenters. The van der Waals surface area contributed by atoms with Crippen molar-refractivity contribution in [3.8, 4) is 11.9 Å². The van der Waals surface area contributed by atoms with Crippen molar-refractivity contribution in [3.05, 3.63) is 28.8 Å². The number of alkyl halides is 3. The van der Waals surface area contributed by atoms with Crippen LogP contribution in [0.25, 0.3) is 0 Å². The van der Waals surface area contributed by atoms with Gasteiger partial charge in [-0.25, -0.2) is 19.7 Å². The zero-order valence-electron chi connectivity index (χ0n) is 23.0. The summed E-state index contributed by atoms with van der Waals surface area (Å²) < 4.78 is 56.5. The molecule has 1 atom stereocenters. The molecule has 5 heterocycles. The van der Waals surface area contributed by atoms with Crippen LogP contribution in [-0.4, -0.2) is 81.5 Å². The SMILES string of the molecule is CC(C)(C)OC(=O)N1CCc2c(nc(C#N)nc2N2CCC[C@@H](Nc3ncc(C(F)(F)F)c(OC4COC4)n3)C2)C1. The number of nitrogens with zero attached hydrogens (tertiary/aromatic N) is 7. The number of halogens is 3. The Balaban J connectivity index is 1.33. The van der Waals surface area contributed by atoms with E-state index in [1.807, 2.05) is 11.0 Å². The van der Waals surface area contributed by atoms with Gasteiger partial charge < -0.3 is 29.3 Å². The molecule has 1 amide bonds. The number of fused-ring (bicyclic) bond motifs is 1. The average molecular weight is 577 g/mol. The quantitative estimate of drug-likeness (QED) is 0.561. The van der Waals surface area contributed by atoms with E-state index in [-0.39, 0.29) is 37.6 Å². The highest BCUT2D eigenvalue weighted by atomic mass is 19.4. The topological polar surface area (TPSA) is 139 Å². The number of anilines is 2. The van der Waals surface area contributed by atoms with Crippen molar-refractivity contribution in [2.75, 3.05) is 43.1 Å². The van der Waals surface area contributed by atoms with E-state index in [9.17, 15) is 23.2 Å². The molecular formula is C26H31F3N8O4. The van der Waals surface area contributed by atoms with Gasteiger partial charge in [0.1, 0.15) is 29.2 Å². The highest BCUT2D eigenvalue weighted by Gasteiger charge is 2.38. The molecule has 0 aliphatic carbocycles. The maximum atomic E-state index is 13.5. The van der Waals surface area contributed by atoms with Gasteiger partial charge in [-0.2, -0.15) is 23.4 Å². The van der Waals surface area contributed by atoms with Gasteiger partial charge in [0.05, 0.1) is 25.5 Å². The Morgan fingerprint density at radius 3 is 2.63 bits per heavy atom. The number of carbonyl (C=O) groups is 1. The first-order valence-corrected chi connectivity index (χ1v) is 13.4. The summed E-state index contributed by atoms with van der Waals surface area (Å²) in [6.07, 6.45) is -2.92. The van der Waals surface area contributed by atoms with Crippen LogP contribution in [0.1, 0.15) is 56.3 Å². The number of piperidine rings is 1. The third-order valence-electron chi connectivity index (χ3n) is 6.79. The Bertz CT molecular complexity index is 1340. The predicted molar refractivity (Wildman–Crippen MR) is 138 cm³/mol. The largest absolute Gasteiger partial charge is 0.469 e. The van der Waals surface area contributed by atoms with Crippen LogP contribution in [0.5, 0.6) is 5.88 Å². The van der Waals surface area contributed by atoms with Crippen molar-refractivity contribution in [1.82, 2.24) is 24.8 Å². The Morgan fingerprint density at radius 2 is 1.98 bits per heavy atom. The van der Waals surface area contributed by atoms with E-state index in [4.69, 9.17) is 14.2 Å². The second-order valence-corrected chi connectivity index (χ2v) is 11.2. The number of nitrogens with one attached hydrogen (secondary N) is 1. The van der Waals surface area contributed by atoms with E-state index >= 15 is 0 Å². The van der Waals surface area contributed by atoms with Crippen LogP contribution >= 0.6 is 0 Å². The maximum absolute atomic E-state index is 13.5. The van der Waals surface area contributed by atoms with Gasteiger partial charge in [-0.15, -0.1) is 0 Å². The van der Waals surface area contributed by atoms with Gasteiger partial charge in [0.25, 0.3) is 0 Å². The number of rotatable bonds is 5. The van der Waals surface area contributed by atoms with E-state index < -0.39 is 35.4 Å². The molecule has 220 valence electrons. The number of ether oxygens (including phenoxy) is 3. The van der Waals surface area contributed by atoms with Crippen LogP contribution in [0.3, 0.4) is 0 Å².